The third-order valence-corrected chi connectivity index (χ3v) is 10.3. The number of nitriles is 1. The number of rotatable bonds is 4. The fourth-order valence-electron chi connectivity index (χ4n) is 6.84. The van der Waals surface area contributed by atoms with Gasteiger partial charge in [-0.2, -0.15) is 5.26 Å². The van der Waals surface area contributed by atoms with E-state index in [4.69, 9.17) is 10.3 Å². The summed E-state index contributed by atoms with van der Waals surface area (Å²) in [7, 11) is 0. The van der Waals surface area contributed by atoms with Gasteiger partial charge in [0.15, 0.2) is 0 Å². The predicted octanol–water partition coefficient (Wildman–Crippen LogP) is 10.2. The highest BCUT2D eigenvalue weighted by molar-refractivity contribution is 7.25. The molecule has 7 aromatic rings. The molecule has 9 rings (SSSR count). The maximum Gasteiger partial charge on any atom is 0.0991 e. The van der Waals surface area contributed by atoms with E-state index in [1.165, 1.54) is 42.0 Å². The molecule has 0 saturated carbocycles. The summed E-state index contributed by atoms with van der Waals surface area (Å²) in [6, 6.07) is 40.8. The van der Waals surface area contributed by atoms with E-state index in [-0.39, 0.29) is 18.2 Å². The highest BCUT2D eigenvalue weighted by Crippen LogP contribution is 2.41. The summed E-state index contributed by atoms with van der Waals surface area (Å²) in [6.45, 7) is 0. The number of aromatic nitrogens is 1. The van der Waals surface area contributed by atoms with Gasteiger partial charge in [0, 0.05) is 49.0 Å². The molecule has 0 bridgehead atoms. The molecule has 220 valence electrons. The second kappa shape index (κ2) is 10.8. The number of amidine groups is 1. The first-order valence-corrected chi connectivity index (χ1v) is 16.4. The number of hydrogen-bond acceptors (Lipinski definition) is 4. The van der Waals surface area contributed by atoms with Crippen LogP contribution in [0.15, 0.2) is 138 Å². The van der Waals surface area contributed by atoms with Crippen LogP contribution in [0.2, 0.25) is 0 Å². The van der Waals surface area contributed by atoms with Crippen LogP contribution < -0.4 is 5.32 Å². The molecule has 5 nitrogen and oxygen atoms in total. The van der Waals surface area contributed by atoms with Crippen molar-refractivity contribution < 1.29 is 0 Å². The van der Waals surface area contributed by atoms with Gasteiger partial charge in [-0.15, -0.1) is 11.3 Å². The summed E-state index contributed by atoms with van der Waals surface area (Å²) in [5.41, 5.74) is 6.25. The van der Waals surface area contributed by atoms with Gasteiger partial charge in [0.25, 0.3) is 0 Å². The minimum atomic E-state index is -0.260. The van der Waals surface area contributed by atoms with Gasteiger partial charge in [-0.05, 0) is 72.0 Å². The Hall–Kier alpha value is -5.48. The van der Waals surface area contributed by atoms with Crippen molar-refractivity contribution in [1.82, 2.24) is 9.88 Å². The van der Waals surface area contributed by atoms with Crippen LogP contribution in [0.5, 0.6) is 0 Å². The van der Waals surface area contributed by atoms with Gasteiger partial charge in [0.1, 0.15) is 0 Å². The molecule has 0 spiro atoms. The smallest absolute Gasteiger partial charge is 0.0991 e. The van der Waals surface area contributed by atoms with Crippen molar-refractivity contribution in [3.05, 3.63) is 156 Å². The average molecular weight is 611 g/mol. The lowest BCUT2D eigenvalue weighted by molar-refractivity contribution is 0.481. The molecule has 1 aliphatic heterocycles. The number of allylic oxidation sites excluding steroid dienone is 3. The second-order valence-electron chi connectivity index (χ2n) is 11.9. The molecule has 0 amide bonds. The van der Waals surface area contributed by atoms with E-state index in [2.05, 4.69) is 125 Å². The minimum absolute atomic E-state index is 0.136. The number of benzene rings is 5. The van der Waals surface area contributed by atoms with Crippen LogP contribution in [0.1, 0.15) is 35.4 Å². The number of nitrogens with zero attached hydrogens (tertiary/aromatic N) is 4. The van der Waals surface area contributed by atoms with Crippen molar-refractivity contribution in [1.29, 1.82) is 5.26 Å². The molecule has 2 aromatic heterocycles. The normalized spacial score (nSPS) is 19.5. The summed E-state index contributed by atoms with van der Waals surface area (Å²) < 4.78 is 5.02. The van der Waals surface area contributed by atoms with Crippen LogP contribution in [0, 0.1) is 17.2 Å². The molecule has 3 atom stereocenters. The highest BCUT2D eigenvalue weighted by Gasteiger charge is 2.21. The molecular weight excluding hydrogens is 583 g/mol. The third kappa shape index (κ3) is 4.44. The zero-order valence-electron chi connectivity index (χ0n) is 24.8. The van der Waals surface area contributed by atoms with E-state index in [9.17, 15) is 5.26 Å². The Balaban J connectivity index is 1.12. The summed E-state index contributed by atoms with van der Waals surface area (Å²) in [6.07, 6.45) is 8.87. The molecular formula is C40H28N5S-. The van der Waals surface area contributed by atoms with E-state index in [1.807, 2.05) is 35.6 Å². The fourth-order valence-corrected chi connectivity index (χ4v) is 7.96. The Morgan fingerprint density at radius 3 is 2.35 bits per heavy atom. The molecule has 3 unspecified atom stereocenters. The summed E-state index contributed by atoms with van der Waals surface area (Å²) in [4.78, 5) is 5.04. The van der Waals surface area contributed by atoms with Crippen molar-refractivity contribution in [3.8, 4) is 11.8 Å². The molecule has 46 heavy (non-hydrogen) atoms. The van der Waals surface area contributed by atoms with Crippen LogP contribution in [0.25, 0.3) is 53.0 Å². The van der Waals surface area contributed by atoms with E-state index in [1.54, 1.807) is 0 Å². The average Bonchev–Trinajstić information content (AvgIpc) is 3.65. The lowest BCUT2D eigenvalue weighted by Gasteiger charge is -2.42. The fraction of sp³-hybridized carbons (Fsp3) is 0.100. The third-order valence-electron chi connectivity index (χ3n) is 9.14. The predicted molar refractivity (Wildman–Crippen MR) is 191 cm³/mol. The van der Waals surface area contributed by atoms with Gasteiger partial charge in [0.05, 0.1) is 22.7 Å². The summed E-state index contributed by atoms with van der Waals surface area (Å²) >= 11 is 1.86. The largest absolute Gasteiger partial charge is 0.448 e. The topological polar surface area (TPSA) is 67.2 Å². The second-order valence-corrected chi connectivity index (χ2v) is 13.0. The number of thiophene rings is 1. The van der Waals surface area contributed by atoms with Crippen LogP contribution in [0.4, 0.5) is 0 Å². The molecule has 6 heteroatoms. The van der Waals surface area contributed by atoms with Crippen LogP contribution >= 0.6 is 11.3 Å². The zero-order chi connectivity index (χ0) is 30.6. The summed E-state index contributed by atoms with van der Waals surface area (Å²) in [5.74, 6) is 0.981. The Morgan fingerprint density at radius 2 is 1.54 bits per heavy atom. The molecule has 5 aromatic carbocycles. The maximum absolute atomic E-state index is 9.30. The number of fused-ring (bicyclic) bond motifs is 6. The summed E-state index contributed by atoms with van der Waals surface area (Å²) in [5, 5.41) is 23.2. The molecule has 0 radical (unpaired) electrons. The van der Waals surface area contributed by atoms with E-state index in [0.29, 0.717) is 5.56 Å². The van der Waals surface area contributed by atoms with E-state index >= 15 is 0 Å². The van der Waals surface area contributed by atoms with Crippen LogP contribution in [-0.2, 0) is 0 Å². The van der Waals surface area contributed by atoms with Gasteiger partial charge >= 0.3 is 0 Å². The van der Waals surface area contributed by atoms with Gasteiger partial charge < -0.3 is 20.2 Å². The number of para-hydroxylation sites is 1. The Morgan fingerprint density at radius 1 is 0.761 bits per heavy atom. The first-order chi connectivity index (χ1) is 22.7. The monoisotopic (exact) mass is 610 g/mol. The number of hydrogen-bond donors (Lipinski definition) is 1. The van der Waals surface area contributed by atoms with Gasteiger partial charge in [-0.3, -0.25) is 0 Å². The zero-order valence-corrected chi connectivity index (χ0v) is 25.7. The van der Waals surface area contributed by atoms with Gasteiger partial charge in [0.2, 0.25) is 0 Å². The lowest BCUT2D eigenvalue weighted by Crippen LogP contribution is -2.33. The van der Waals surface area contributed by atoms with Gasteiger partial charge in [-0.25, -0.2) is 0 Å². The van der Waals surface area contributed by atoms with Crippen molar-refractivity contribution in [2.45, 2.75) is 18.8 Å². The van der Waals surface area contributed by atoms with Crippen molar-refractivity contribution in [2.24, 2.45) is 10.9 Å². The van der Waals surface area contributed by atoms with E-state index in [0.717, 1.165) is 29.1 Å². The van der Waals surface area contributed by atoms with Crippen molar-refractivity contribution in [3.63, 3.8) is 0 Å². The van der Waals surface area contributed by atoms with Crippen LogP contribution in [-0.4, -0.2) is 10.4 Å². The minimum Gasteiger partial charge on any atom is -0.448 e. The van der Waals surface area contributed by atoms with Crippen molar-refractivity contribution in [2.75, 3.05) is 0 Å². The van der Waals surface area contributed by atoms with Crippen LogP contribution in [0.3, 0.4) is 0 Å². The first kappa shape index (κ1) is 26.9. The quantitative estimate of drug-likeness (QED) is 0.215. The number of nitrogens with one attached hydrogen (secondary N) is 1. The number of aliphatic imine (C=N–C) groups is 1. The molecule has 3 heterocycles. The Bertz CT molecular complexity index is 2420. The first-order valence-electron chi connectivity index (χ1n) is 15.6. The lowest BCUT2D eigenvalue weighted by atomic mass is 9.97. The highest BCUT2D eigenvalue weighted by atomic mass is 32.1. The SMILES string of the molecule is N#Cc1ccc(C2N=C(C3C=CC=CC3)[N-]C(c3ccc(-n4c5ccccc5c5cc6sc7ccccc7c6cc54)cc3)N2)cc1. The van der Waals surface area contributed by atoms with Crippen molar-refractivity contribution >= 4 is 59.2 Å². The molecule has 1 N–H and O–H groups in total. The standard InChI is InChI=1S/C40H28N5S/c41-24-25-14-16-27(17-15-25)39-42-38(26-8-2-1-3-9-26)43-40(44-39)28-18-20-29(21-19-28)45-34-12-6-4-10-30(34)32-23-37-33(22-35(32)45)31-11-5-7-13-36(31)46-37/h1-8,10-23,26,39-40,44H,9H2/q-1. The Kier molecular flexibility index (Phi) is 6.34. The molecule has 1 aliphatic carbocycles. The maximum atomic E-state index is 9.30. The molecule has 2 aliphatic rings. The Labute approximate surface area is 270 Å². The van der Waals surface area contributed by atoms with Gasteiger partial charge in [-0.1, -0.05) is 90.8 Å². The molecule has 0 saturated heterocycles. The molecule has 0 fully saturated rings. The van der Waals surface area contributed by atoms with E-state index < -0.39 is 0 Å².